The Morgan fingerprint density at radius 3 is 2.64 bits per heavy atom. The second-order valence-electron chi connectivity index (χ2n) is 6.62. The van der Waals surface area contributed by atoms with Crippen molar-refractivity contribution in [3.05, 3.63) is 73.7 Å². The van der Waals surface area contributed by atoms with Gasteiger partial charge in [0, 0.05) is 17.7 Å². The first-order chi connectivity index (χ1) is 12.1. The van der Waals surface area contributed by atoms with E-state index in [0.29, 0.717) is 10.0 Å². The minimum Gasteiger partial charge on any atom is -0.329 e. The molecule has 1 amide bonds. The summed E-state index contributed by atoms with van der Waals surface area (Å²) < 4.78 is 0.387. The third-order valence-electron chi connectivity index (χ3n) is 5.00. The Kier molecular flexibility index (Phi) is 4.07. The molecule has 4 rings (SSSR count). The zero-order valence-corrected chi connectivity index (χ0v) is 15.1. The summed E-state index contributed by atoms with van der Waals surface area (Å²) in [5, 5.41) is 11.2. The normalized spacial score (nSPS) is 18.7. The topological polar surface area (TPSA) is 63.4 Å². The van der Waals surface area contributed by atoms with Crippen LogP contribution in [0, 0.1) is 10.1 Å². The third kappa shape index (κ3) is 2.95. The van der Waals surface area contributed by atoms with Gasteiger partial charge in [0.15, 0.2) is 0 Å². The summed E-state index contributed by atoms with van der Waals surface area (Å²) in [6.45, 7) is 0. The number of halogens is 1. The Morgan fingerprint density at radius 1 is 1.16 bits per heavy atom. The van der Waals surface area contributed by atoms with Crippen LogP contribution in [0.15, 0.2) is 46.9 Å². The molecule has 0 N–H and O–H groups in total. The molecule has 1 saturated carbocycles. The van der Waals surface area contributed by atoms with Crippen molar-refractivity contribution in [3.63, 3.8) is 0 Å². The van der Waals surface area contributed by atoms with Crippen LogP contribution < -0.4 is 0 Å². The predicted octanol–water partition coefficient (Wildman–Crippen LogP) is 4.65. The van der Waals surface area contributed by atoms with Crippen molar-refractivity contribution < 1.29 is 9.72 Å². The van der Waals surface area contributed by atoms with Crippen molar-refractivity contribution in [1.82, 2.24) is 4.90 Å². The first-order valence-corrected chi connectivity index (χ1v) is 9.20. The molecule has 1 atom stereocenters. The molecule has 5 nitrogen and oxygen atoms in total. The van der Waals surface area contributed by atoms with Gasteiger partial charge in [0.1, 0.15) is 0 Å². The number of nitrogens with zero attached hydrogens (tertiary/aromatic N) is 2. The molecule has 1 unspecified atom stereocenters. The summed E-state index contributed by atoms with van der Waals surface area (Å²) in [5.74, 6) is -0.111. The Bertz CT molecular complexity index is 863. The Labute approximate surface area is 153 Å². The molecule has 0 heterocycles. The number of aryl methyl sites for hydroxylation is 1. The Morgan fingerprint density at radius 2 is 1.92 bits per heavy atom. The van der Waals surface area contributed by atoms with E-state index in [1.54, 1.807) is 12.1 Å². The summed E-state index contributed by atoms with van der Waals surface area (Å²) in [7, 11) is 0. The molecule has 128 valence electrons. The zero-order chi connectivity index (χ0) is 17.6. The van der Waals surface area contributed by atoms with Crippen LogP contribution in [-0.4, -0.2) is 21.8 Å². The van der Waals surface area contributed by atoms with E-state index in [4.69, 9.17) is 0 Å². The fraction of sp³-hybridized carbons (Fsp3) is 0.316. The van der Waals surface area contributed by atoms with Gasteiger partial charge in [-0.15, -0.1) is 0 Å². The molecule has 2 aliphatic carbocycles. The standard InChI is InChI=1S/C19H17BrN2O3/c20-16-9-5-13(11-18(16)22(24)25)19(23)21(14-7-8-14)17-10-6-12-3-1-2-4-15(12)17/h1-5,9,11,14,17H,6-8,10H2. The van der Waals surface area contributed by atoms with Gasteiger partial charge in [0.2, 0.25) is 0 Å². The molecule has 0 saturated heterocycles. The lowest BCUT2D eigenvalue weighted by atomic mass is 10.0. The molecule has 0 aliphatic heterocycles. The molecule has 0 bridgehead atoms. The maximum atomic E-state index is 13.2. The predicted molar refractivity (Wildman–Crippen MR) is 97.5 cm³/mol. The van der Waals surface area contributed by atoms with Gasteiger partial charge in [-0.1, -0.05) is 24.3 Å². The van der Waals surface area contributed by atoms with Crippen molar-refractivity contribution in [2.24, 2.45) is 0 Å². The third-order valence-corrected chi connectivity index (χ3v) is 5.67. The maximum Gasteiger partial charge on any atom is 0.284 e. The van der Waals surface area contributed by atoms with E-state index in [-0.39, 0.29) is 23.7 Å². The summed E-state index contributed by atoms with van der Waals surface area (Å²) in [6.07, 6.45) is 3.89. The van der Waals surface area contributed by atoms with Gasteiger partial charge in [0.25, 0.3) is 11.6 Å². The van der Waals surface area contributed by atoms with Crippen molar-refractivity contribution in [2.75, 3.05) is 0 Å². The van der Waals surface area contributed by atoms with Gasteiger partial charge >= 0.3 is 0 Å². The number of hydrogen-bond acceptors (Lipinski definition) is 3. The van der Waals surface area contributed by atoms with Gasteiger partial charge in [0.05, 0.1) is 15.4 Å². The van der Waals surface area contributed by atoms with Gasteiger partial charge in [-0.3, -0.25) is 14.9 Å². The van der Waals surface area contributed by atoms with Crippen molar-refractivity contribution in [1.29, 1.82) is 0 Å². The smallest absolute Gasteiger partial charge is 0.284 e. The molecule has 1 fully saturated rings. The van der Waals surface area contributed by atoms with Crippen LogP contribution in [0.2, 0.25) is 0 Å². The average molecular weight is 401 g/mol. The molecule has 25 heavy (non-hydrogen) atoms. The molecule has 0 radical (unpaired) electrons. The lowest BCUT2D eigenvalue weighted by molar-refractivity contribution is -0.385. The number of carbonyl (C=O) groups excluding carboxylic acids is 1. The lowest BCUT2D eigenvalue weighted by Gasteiger charge is -2.30. The summed E-state index contributed by atoms with van der Waals surface area (Å²) in [4.78, 5) is 25.9. The lowest BCUT2D eigenvalue weighted by Crippen LogP contribution is -2.36. The fourth-order valence-electron chi connectivity index (χ4n) is 3.67. The average Bonchev–Trinajstić information content (AvgIpc) is 3.35. The highest BCUT2D eigenvalue weighted by molar-refractivity contribution is 9.10. The van der Waals surface area contributed by atoms with Crippen LogP contribution in [0.1, 0.15) is 46.8 Å². The van der Waals surface area contributed by atoms with E-state index in [1.165, 1.54) is 17.2 Å². The van der Waals surface area contributed by atoms with Crippen LogP contribution in [0.25, 0.3) is 0 Å². The van der Waals surface area contributed by atoms with Gasteiger partial charge in [-0.05, 0) is 64.9 Å². The van der Waals surface area contributed by atoms with Crippen molar-refractivity contribution in [3.8, 4) is 0 Å². The molecule has 2 aromatic carbocycles. The first-order valence-electron chi connectivity index (χ1n) is 8.40. The van der Waals surface area contributed by atoms with Crippen LogP contribution in [-0.2, 0) is 6.42 Å². The van der Waals surface area contributed by atoms with Crippen LogP contribution in [0.3, 0.4) is 0 Å². The fourth-order valence-corrected chi connectivity index (χ4v) is 4.06. The number of nitro groups is 1. The second-order valence-corrected chi connectivity index (χ2v) is 7.47. The summed E-state index contributed by atoms with van der Waals surface area (Å²) in [6, 6.07) is 13.2. The van der Waals surface area contributed by atoms with E-state index < -0.39 is 4.92 Å². The maximum absolute atomic E-state index is 13.2. The van der Waals surface area contributed by atoms with Gasteiger partial charge in [-0.25, -0.2) is 0 Å². The highest BCUT2D eigenvalue weighted by Gasteiger charge is 2.40. The first kappa shape index (κ1) is 16.3. The Hall–Kier alpha value is -2.21. The highest BCUT2D eigenvalue weighted by atomic mass is 79.9. The van der Waals surface area contributed by atoms with Gasteiger partial charge in [-0.2, -0.15) is 0 Å². The van der Waals surface area contributed by atoms with Crippen molar-refractivity contribution in [2.45, 2.75) is 37.8 Å². The minimum absolute atomic E-state index is 0.0684. The molecule has 6 heteroatoms. The number of rotatable bonds is 4. The van der Waals surface area contributed by atoms with Crippen LogP contribution in [0.4, 0.5) is 5.69 Å². The van der Waals surface area contributed by atoms with Crippen molar-refractivity contribution >= 4 is 27.5 Å². The molecule has 0 spiro atoms. The van der Waals surface area contributed by atoms with E-state index in [0.717, 1.165) is 25.7 Å². The molecular formula is C19H17BrN2O3. The Balaban J connectivity index is 1.70. The quantitative estimate of drug-likeness (QED) is 0.554. The minimum atomic E-state index is -0.465. The highest BCUT2D eigenvalue weighted by Crippen LogP contribution is 2.42. The molecule has 0 aromatic heterocycles. The molecule has 2 aliphatic rings. The van der Waals surface area contributed by atoms with E-state index >= 15 is 0 Å². The van der Waals surface area contributed by atoms with Gasteiger partial charge < -0.3 is 4.90 Å². The molecule has 2 aromatic rings. The monoisotopic (exact) mass is 400 g/mol. The number of carbonyl (C=O) groups is 1. The number of nitro benzene ring substituents is 1. The van der Waals surface area contributed by atoms with E-state index in [2.05, 4.69) is 28.1 Å². The largest absolute Gasteiger partial charge is 0.329 e. The van der Waals surface area contributed by atoms with E-state index in [1.807, 2.05) is 17.0 Å². The SMILES string of the molecule is O=C(c1ccc(Br)c([N+](=O)[O-])c1)N(C1CC1)C1CCc2ccccc21. The molecular weight excluding hydrogens is 384 g/mol. The summed E-state index contributed by atoms with van der Waals surface area (Å²) >= 11 is 3.18. The zero-order valence-electron chi connectivity index (χ0n) is 13.5. The number of amides is 1. The second kappa shape index (κ2) is 6.26. The summed E-state index contributed by atoms with van der Waals surface area (Å²) in [5.41, 5.74) is 2.82. The van der Waals surface area contributed by atoms with Crippen LogP contribution in [0.5, 0.6) is 0 Å². The van der Waals surface area contributed by atoms with E-state index in [9.17, 15) is 14.9 Å². The number of hydrogen-bond donors (Lipinski definition) is 0. The number of fused-ring (bicyclic) bond motifs is 1. The van der Waals surface area contributed by atoms with Crippen LogP contribution >= 0.6 is 15.9 Å². The number of benzene rings is 2.